The van der Waals surface area contributed by atoms with E-state index in [9.17, 15) is 14.7 Å². The fourth-order valence-electron chi connectivity index (χ4n) is 3.84. The van der Waals surface area contributed by atoms with Gasteiger partial charge in [-0.1, -0.05) is 34.1 Å². The van der Waals surface area contributed by atoms with Crippen LogP contribution < -0.4 is 16.1 Å². The van der Waals surface area contributed by atoms with Gasteiger partial charge in [-0.3, -0.25) is 18.8 Å². The van der Waals surface area contributed by atoms with Crippen molar-refractivity contribution in [2.24, 2.45) is 12.0 Å². The third-order valence-corrected chi connectivity index (χ3v) is 7.30. The maximum Gasteiger partial charge on any atom is 0.296 e. The molecule has 0 radical (unpaired) electrons. The molecule has 0 unspecified atom stereocenters. The third kappa shape index (κ3) is 2.98. The quantitative estimate of drug-likeness (QED) is 0.416. The Labute approximate surface area is 198 Å². The smallest absolute Gasteiger partial charge is 0.296 e. The maximum atomic E-state index is 13.4. The van der Waals surface area contributed by atoms with Crippen molar-refractivity contribution in [3.63, 3.8) is 0 Å². The summed E-state index contributed by atoms with van der Waals surface area (Å²) in [5.74, 6) is -0.708. The molecular weight excluding hydrogens is 512 g/mol. The molecule has 160 valence electrons. The third-order valence-electron chi connectivity index (χ3n) is 5.43. The van der Waals surface area contributed by atoms with E-state index < -0.39 is 5.91 Å². The number of thiazole rings is 1. The highest BCUT2D eigenvalue weighted by atomic mass is 79.9. The first kappa shape index (κ1) is 20.8. The van der Waals surface area contributed by atoms with E-state index >= 15 is 0 Å². The first-order valence-electron chi connectivity index (χ1n) is 9.52. The predicted molar refractivity (Wildman–Crippen MR) is 128 cm³/mol. The Hall–Kier alpha value is -3.08. The maximum absolute atomic E-state index is 13.4. The van der Waals surface area contributed by atoms with Gasteiger partial charge in [-0.15, -0.1) is 11.3 Å². The van der Waals surface area contributed by atoms with Crippen molar-refractivity contribution in [2.45, 2.75) is 6.92 Å². The molecule has 7 nitrogen and oxygen atoms in total. The van der Waals surface area contributed by atoms with E-state index in [1.807, 2.05) is 30.3 Å². The lowest BCUT2D eigenvalue weighted by Gasteiger charge is -2.07. The minimum atomic E-state index is -0.455. The van der Waals surface area contributed by atoms with Crippen molar-refractivity contribution < 1.29 is 9.90 Å². The molecule has 5 rings (SSSR count). The first-order valence-corrected chi connectivity index (χ1v) is 11.5. The van der Waals surface area contributed by atoms with Gasteiger partial charge in [-0.2, -0.15) is 0 Å². The molecule has 0 bridgehead atoms. The van der Waals surface area contributed by atoms with E-state index in [1.165, 1.54) is 9.25 Å². The van der Waals surface area contributed by atoms with Crippen LogP contribution in [0.5, 0.6) is 5.88 Å². The van der Waals surface area contributed by atoms with Gasteiger partial charge in [-0.25, -0.2) is 9.67 Å². The van der Waals surface area contributed by atoms with Crippen molar-refractivity contribution in [2.75, 3.05) is 0 Å². The number of aromatic hydroxyl groups is 1. The minimum Gasteiger partial charge on any atom is -0.493 e. The second kappa shape index (κ2) is 7.51. The molecule has 1 aliphatic heterocycles. The molecule has 0 aliphatic carbocycles. The van der Waals surface area contributed by atoms with E-state index in [0.29, 0.717) is 22.0 Å². The number of halogens is 1. The van der Waals surface area contributed by atoms with E-state index in [4.69, 9.17) is 12.2 Å². The monoisotopic (exact) mass is 526 g/mol. The van der Waals surface area contributed by atoms with Gasteiger partial charge in [0.2, 0.25) is 5.88 Å². The average Bonchev–Trinajstić information content (AvgIpc) is 3.31. The summed E-state index contributed by atoms with van der Waals surface area (Å²) in [5, 5.41) is 12.3. The molecule has 1 aliphatic rings. The highest BCUT2D eigenvalue weighted by Gasteiger charge is 2.28. The fourth-order valence-corrected chi connectivity index (χ4v) is 5.56. The van der Waals surface area contributed by atoms with Crippen molar-refractivity contribution in [3.8, 4) is 17.3 Å². The highest BCUT2D eigenvalue weighted by Crippen LogP contribution is 2.35. The molecule has 0 atom stereocenters. The summed E-state index contributed by atoms with van der Waals surface area (Å²) in [7, 11) is 1.77. The molecule has 1 N–H and O–H groups in total. The second-order valence-electron chi connectivity index (χ2n) is 7.22. The van der Waals surface area contributed by atoms with E-state index in [-0.39, 0.29) is 31.5 Å². The number of carbonyl (C=O) groups excluding carboxylic acids is 1. The number of benzene rings is 2. The molecule has 2 aromatic carbocycles. The van der Waals surface area contributed by atoms with Gasteiger partial charge in [0.15, 0.2) is 3.95 Å². The van der Waals surface area contributed by atoms with Crippen LogP contribution in [0.15, 0.2) is 62.8 Å². The lowest BCUT2D eigenvalue weighted by atomic mass is 10.1. The van der Waals surface area contributed by atoms with Gasteiger partial charge in [0.05, 0.1) is 22.3 Å². The number of rotatable bonds is 3. The molecule has 10 heteroatoms. The molecule has 32 heavy (non-hydrogen) atoms. The number of para-hydroxylation sites is 1. The van der Waals surface area contributed by atoms with Crippen LogP contribution in [-0.2, 0) is 11.8 Å². The van der Waals surface area contributed by atoms with Gasteiger partial charge >= 0.3 is 0 Å². The summed E-state index contributed by atoms with van der Waals surface area (Å²) >= 11 is 10.0. The topological polar surface area (TPSA) is 81.5 Å². The lowest BCUT2D eigenvalue weighted by Crippen LogP contribution is -2.23. The van der Waals surface area contributed by atoms with Crippen LogP contribution in [0, 0.1) is 10.9 Å². The van der Waals surface area contributed by atoms with Crippen LogP contribution in [0.3, 0.4) is 0 Å². The average molecular weight is 527 g/mol. The summed E-state index contributed by atoms with van der Waals surface area (Å²) in [5.41, 5.74) is 1.48. The Balaban J connectivity index is 1.79. The highest BCUT2D eigenvalue weighted by molar-refractivity contribution is 9.10. The van der Waals surface area contributed by atoms with Crippen molar-refractivity contribution in [1.29, 1.82) is 0 Å². The molecule has 4 aromatic rings. The van der Waals surface area contributed by atoms with Crippen LogP contribution in [0.4, 0.5) is 0 Å². The van der Waals surface area contributed by atoms with Crippen molar-refractivity contribution in [3.05, 3.63) is 88.5 Å². The molecule has 0 saturated carbocycles. The summed E-state index contributed by atoms with van der Waals surface area (Å²) in [6, 6.07) is 14.5. The molecule has 3 heterocycles. The van der Waals surface area contributed by atoms with Crippen LogP contribution in [-0.4, -0.2) is 24.9 Å². The van der Waals surface area contributed by atoms with Crippen LogP contribution >= 0.6 is 39.5 Å². The van der Waals surface area contributed by atoms with Gasteiger partial charge < -0.3 is 5.11 Å². The molecule has 1 amide bonds. The lowest BCUT2D eigenvalue weighted by molar-refractivity contribution is -0.112. The summed E-state index contributed by atoms with van der Waals surface area (Å²) in [6.45, 7) is 1.78. The number of carbonyl (C=O) groups is 1. The number of fused-ring (bicyclic) bond motifs is 1. The van der Waals surface area contributed by atoms with Crippen molar-refractivity contribution >= 4 is 51.0 Å². The number of amides is 1. The zero-order chi connectivity index (χ0) is 22.7. The molecule has 0 fully saturated rings. The molecular formula is C22H15BrN4O3S2. The number of hydrogen-bond donors (Lipinski definition) is 1. The van der Waals surface area contributed by atoms with Gasteiger partial charge in [0, 0.05) is 16.7 Å². The SMILES string of the molecule is Cc1c(-n2c(O)c(C3=c4cc(Br)ccc4=NC3=O)sc2=S)c(=O)n(-c2ccccc2)n1C. The first-order chi connectivity index (χ1) is 15.3. The molecule has 0 spiro atoms. The Morgan fingerprint density at radius 3 is 2.56 bits per heavy atom. The standard InChI is InChI=1S/C22H15BrN4O3S2/c1-11-17(20(29)27(25(11)2)13-6-4-3-5-7-13)26-21(30)18(32-22(26)31)16-14-10-12(23)8-9-15(14)24-19(16)28/h3-10,30H,1-2H3. The van der Waals surface area contributed by atoms with Crippen molar-refractivity contribution in [1.82, 2.24) is 13.9 Å². The van der Waals surface area contributed by atoms with E-state index in [2.05, 4.69) is 20.9 Å². The number of nitrogens with zero attached hydrogens (tertiary/aromatic N) is 4. The Bertz CT molecular complexity index is 1680. The van der Waals surface area contributed by atoms with Gasteiger partial charge in [0.1, 0.15) is 10.6 Å². The van der Waals surface area contributed by atoms with Crippen LogP contribution in [0.1, 0.15) is 10.6 Å². The van der Waals surface area contributed by atoms with E-state index in [1.54, 1.807) is 36.9 Å². The zero-order valence-corrected chi connectivity index (χ0v) is 20.1. The predicted octanol–water partition coefficient (Wildman–Crippen LogP) is 2.89. The summed E-state index contributed by atoms with van der Waals surface area (Å²) in [6.07, 6.45) is 0. The summed E-state index contributed by atoms with van der Waals surface area (Å²) in [4.78, 5) is 30.5. The Morgan fingerprint density at radius 2 is 1.84 bits per heavy atom. The molecule has 0 saturated heterocycles. The molecule has 2 aromatic heterocycles. The Kier molecular flexibility index (Phi) is 4.88. The normalized spacial score (nSPS) is 12.8. The zero-order valence-electron chi connectivity index (χ0n) is 16.9. The van der Waals surface area contributed by atoms with Gasteiger partial charge in [0.25, 0.3) is 11.5 Å². The second-order valence-corrected chi connectivity index (χ2v) is 9.78. The largest absolute Gasteiger partial charge is 0.493 e. The fraction of sp³-hybridized carbons (Fsp3) is 0.0909. The van der Waals surface area contributed by atoms with Crippen LogP contribution in [0.2, 0.25) is 0 Å². The summed E-state index contributed by atoms with van der Waals surface area (Å²) < 4.78 is 5.60. The van der Waals surface area contributed by atoms with Crippen LogP contribution in [0.25, 0.3) is 16.9 Å². The Morgan fingerprint density at radius 1 is 1.12 bits per heavy atom. The minimum absolute atomic E-state index is 0.235. The number of hydrogen-bond acceptors (Lipinski definition) is 5. The van der Waals surface area contributed by atoms with Gasteiger partial charge in [-0.05, 0) is 49.5 Å². The number of aromatic nitrogens is 3. The van der Waals surface area contributed by atoms with E-state index in [0.717, 1.165) is 15.8 Å².